The second-order valence-corrected chi connectivity index (χ2v) is 6.61. The van der Waals surface area contributed by atoms with Gasteiger partial charge in [0.1, 0.15) is 19.0 Å². The van der Waals surface area contributed by atoms with E-state index in [-0.39, 0.29) is 23.9 Å². The highest BCUT2D eigenvalue weighted by Crippen LogP contribution is 2.32. The van der Waals surface area contributed by atoms with Gasteiger partial charge in [0.2, 0.25) is 10.0 Å². The van der Waals surface area contributed by atoms with E-state index in [1.807, 2.05) is 0 Å². The number of primary sulfonamides is 1. The molecule has 6 nitrogen and oxygen atoms in total. The van der Waals surface area contributed by atoms with Crippen LogP contribution in [-0.2, 0) is 20.9 Å². The lowest BCUT2D eigenvalue weighted by Crippen LogP contribution is -2.17. The molecule has 0 aliphatic rings. The number of hydrogen-bond acceptors (Lipinski definition) is 5. The molecule has 26 heavy (non-hydrogen) atoms. The highest BCUT2D eigenvalue weighted by Gasteiger charge is 2.35. The first-order valence-electron chi connectivity index (χ1n) is 7.18. The van der Waals surface area contributed by atoms with Crippen LogP contribution >= 0.6 is 0 Å². The van der Waals surface area contributed by atoms with Crippen LogP contribution in [0.25, 0.3) is 0 Å². The maximum Gasteiger partial charge on any atom is 0.417 e. The molecule has 2 rings (SSSR count). The molecule has 0 bridgehead atoms. The van der Waals surface area contributed by atoms with Crippen LogP contribution in [0.2, 0.25) is 0 Å². The van der Waals surface area contributed by atoms with Gasteiger partial charge in [-0.05, 0) is 36.4 Å². The normalized spacial score (nSPS) is 11.8. The number of esters is 1. The summed E-state index contributed by atoms with van der Waals surface area (Å²) in [6.45, 7) is -0.420. The van der Waals surface area contributed by atoms with Gasteiger partial charge in [-0.1, -0.05) is 12.1 Å². The fraction of sp³-hybridized carbons (Fsp3) is 0.188. The molecule has 0 unspecified atom stereocenters. The number of benzene rings is 2. The molecule has 0 heterocycles. The van der Waals surface area contributed by atoms with E-state index in [0.717, 1.165) is 12.1 Å². The van der Waals surface area contributed by atoms with E-state index in [0.29, 0.717) is 0 Å². The SMILES string of the molecule is NS(=O)(=O)c1ccc(OCCOC(=O)c2ccccc2C(F)(F)F)cc1. The Morgan fingerprint density at radius 3 is 2.19 bits per heavy atom. The molecular weight excluding hydrogens is 375 g/mol. The predicted octanol–water partition coefficient (Wildman–Crippen LogP) is 2.59. The molecule has 0 atom stereocenters. The lowest BCUT2D eigenvalue weighted by atomic mass is 10.1. The number of sulfonamides is 1. The van der Waals surface area contributed by atoms with Gasteiger partial charge in [0.25, 0.3) is 0 Å². The second kappa shape index (κ2) is 7.75. The molecule has 0 aromatic heterocycles. The van der Waals surface area contributed by atoms with Gasteiger partial charge in [0, 0.05) is 0 Å². The fourth-order valence-electron chi connectivity index (χ4n) is 2.01. The van der Waals surface area contributed by atoms with Crippen molar-refractivity contribution in [2.75, 3.05) is 13.2 Å². The zero-order valence-electron chi connectivity index (χ0n) is 13.2. The number of ether oxygens (including phenoxy) is 2. The van der Waals surface area contributed by atoms with Crippen molar-refractivity contribution in [3.8, 4) is 5.75 Å². The fourth-order valence-corrected chi connectivity index (χ4v) is 2.52. The quantitative estimate of drug-likeness (QED) is 0.605. The minimum atomic E-state index is -4.67. The van der Waals surface area contributed by atoms with Gasteiger partial charge in [0.05, 0.1) is 16.0 Å². The first-order chi connectivity index (χ1) is 12.1. The minimum absolute atomic E-state index is 0.0972. The number of nitrogens with two attached hydrogens (primary N) is 1. The lowest BCUT2D eigenvalue weighted by Gasteiger charge is -2.12. The molecular formula is C16H14F3NO5S. The molecule has 140 valence electrons. The van der Waals surface area contributed by atoms with Gasteiger partial charge in [-0.2, -0.15) is 13.2 Å². The zero-order valence-corrected chi connectivity index (χ0v) is 14.0. The van der Waals surface area contributed by atoms with Crippen LogP contribution < -0.4 is 9.88 Å². The third-order valence-electron chi connectivity index (χ3n) is 3.19. The Labute approximate surface area is 147 Å². The molecule has 2 aromatic rings. The molecule has 10 heteroatoms. The molecule has 0 spiro atoms. The third-order valence-corrected chi connectivity index (χ3v) is 4.12. The van der Waals surface area contributed by atoms with E-state index in [9.17, 15) is 26.4 Å². The molecule has 2 N–H and O–H groups in total. The highest BCUT2D eigenvalue weighted by atomic mass is 32.2. The van der Waals surface area contributed by atoms with Crippen molar-refractivity contribution in [3.05, 3.63) is 59.7 Å². The van der Waals surface area contributed by atoms with Crippen molar-refractivity contribution in [1.82, 2.24) is 0 Å². The van der Waals surface area contributed by atoms with Crippen LogP contribution in [0.5, 0.6) is 5.75 Å². The summed E-state index contributed by atoms with van der Waals surface area (Å²) >= 11 is 0. The molecule has 2 aromatic carbocycles. The summed E-state index contributed by atoms with van der Waals surface area (Å²) in [4.78, 5) is 11.7. The first-order valence-corrected chi connectivity index (χ1v) is 8.72. The average Bonchev–Trinajstić information content (AvgIpc) is 2.57. The maximum atomic E-state index is 12.9. The van der Waals surface area contributed by atoms with Gasteiger partial charge in [0.15, 0.2) is 0 Å². The molecule has 0 amide bonds. The van der Waals surface area contributed by atoms with Crippen molar-refractivity contribution >= 4 is 16.0 Å². The van der Waals surface area contributed by atoms with Gasteiger partial charge >= 0.3 is 12.1 Å². The van der Waals surface area contributed by atoms with Crippen LogP contribution in [0.4, 0.5) is 13.2 Å². The summed E-state index contributed by atoms with van der Waals surface area (Å²) < 4.78 is 70.8. The van der Waals surface area contributed by atoms with Crippen molar-refractivity contribution in [3.63, 3.8) is 0 Å². The zero-order chi connectivity index (χ0) is 19.4. The second-order valence-electron chi connectivity index (χ2n) is 5.04. The topological polar surface area (TPSA) is 95.7 Å². The van der Waals surface area contributed by atoms with Crippen LogP contribution in [0.1, 0.15) is 15.9 Å². The standard InChI is InChI=1S/C16H14F3NO5S/c17-16(18,19)14-4-2-1-3-13(14)15(21)25-10-9-24-11-5-7-12(8-6-11)26(20,22)23/h1-8H,9-10H2,(H2,20,22,23). The number of hydrogen-bond donors (Lipinski definition) is 1. The number of rotatable bonds is 6. The van der Waals surface area contributed by atoms with Gasteiger partial charge in [-0.25, -0.2) is 18.4 Å². The molecule has 0 aliphatic heterocycles. The summed E-state index contributed by atoms with van der Waals surface area (Å²) in [5.74, 6) is -0.838. The van der Waals surface area contributed by atoms with Crippen LogP contribution in [0, 0.1) is 0 Å². The van der Waals surface area contributed by atoms with E-state index in [2.05, 4.69) is 0 Å². The first kappa shape index (κ1) is 19.7. The molecule has 0 saturated heterocycles. The Hall–Kier alpha value is -2.59. The summed E-state index contributed by atoms with van der Waals surface area (Å²) in [5, 5.41) is 4.95. The van der Waals surface area contributed by atoms with E-state index < -0.39 is 33.3 Å². The largest absolute Gasteiger partial charge is 0.490 e. The van der Waals surface area contributed by atoms with E-state index in [4.69, 9.17) is 14.6 Å². The van der Waals surface area contributed by atoms with Crippen LogP contribution in [0.15, 0.2) is 53.4 Å². The summed E-state index contributed by atoms with van der Waals surface area (Å²) in [6.07, 6.45) is -4.67. The Balaban J connectivity index is 1.90. The Morgan fingerprint density at radius 2 is 1.62 bits per heavy atom. The smallest absolute Gasteiger partial charge is 0.417 e. The van der Waals surface area contributed by atoms with Crippen LogP contribution in [-0.4, -0.2) is 27.6 Å². The Morgan fingerprint density at radius 1 is 1.00 bits per heavy atom. The summed E-state index contributed by atoms with van der Waals surface area (Å²) in [6, 6.07) is 9.45. The summed E-state index contributed by atoms with van der Waals surface area (Å²) in [5.41, 5.74) is -1.66. The van der Waals surface area contributed by atoms with Crippen molar-refractivity contribution in [2.24, 2.45) is 5.14 Å². The highest BCUT2D eigenvalue weighted by molar-refractivity contribution is 7.89. The minimum Gasteiger partial charge on any atom is -0.490 e. The van der Waals surface area contributed by atoms with E-state index in [1.54, 1.807) is 0 Å². The number of carbonyl (C=O) groups is 1. The Kier molecular flexibility index (Phi) is 5.88. The average molecular weight is 389 g/mol. The molecule has 0 radical (unpaired) electrons. The van der Waals surface area contributed by atoms with Gasteiger partial charge in [-0.15, -0.1) is 0 Å². The lowest BCUT2D eigenvalue weighted by molar-refractivity contribution is -0.138. The molecule has 0 fully saturated rings. The monoisotopic (exact) mass is 389 g/mol. The number of halogens is 3. The summed E-state index contributed by atoms with van der Waals surface area (Å²) in [7, 11) is -3.82. The van der Waals surface area contributed by atoms with Crippen LogP contribution in [0.3, 0.4) is 0 Å². The number of carbonyl (C=O) groups excluding carboxylic acids is 1. The van der Waals surface area contributed by atoms with Gasteiger partial charge in [-0.3, -0.25) is 0 Å². The third kappa shape index (κ3) is 5.20. The predicted molar refractivity (Wildman–Crippen MR) is 85.0 cm³/mol. The number of alkyl halides is 3. The van der Waals surface area contributed by atoms with E-state index >= 15 is 0 Å². The Bertz CT molecular complexity index is 880. The van der Waals surface area contributed by atoms with Crippen molar-refractivity contribution < 1.29 is 35.9 Å². The maximum absolute atomic E-state index is 12.9. The van der Waals surface area contributed by atoms with Crippen molar-refractivity contribution in [2.45, 2.75) is 11.1 Å². The molecule has 0 aliphatic carbocycles. The molecule has 0 saturated carbocycles. The van der Waals surface area contributed by atoms with Crippen molar-refractivity contribution in [1.29, 1.82) is 0 Å². The van der Waals surface area contributed by atoms with E-state index in [1.165, 1.54) is 36.4 Å². The van der Waals surface area contributed by atoms with Gasteiger partial charge < -0.3 is 9.47 Å².